The summed E-state index contributed by atoms with van der Waals surface area (Å²) in [6, 6.07) is 17.9. The maximum atomic E-state index is 14.1. The minimum atomic E-state index is -1.07. The predicted octanol–water partition coefficient (Wildman–Crippen LogP) is 5.34. The number of ether oxygens (including phenoxy) is 2. The van der Waals surface area contributed by atoms with E-state index in [1.807, 2.05) is 0 Å². The predicted molar refractivity (Wildman–Crippen MR) is 151 cm³/mol. The number of hydrogen-bond acceptors (Lipinski definition) is 6. The van der Waals surface area contributed by atoms with Gasteiger partial charge in [0.15, 0.2) is 6.17 Å². The Labute approximate surface area is 239 Å². The number of nitrogens with zero attached hydrogens (tertiary/aromatic N) is 4. The number of urea groups is 1. The highest BCUT2D eigenvalue weighted by molar-refractivity contribution is 6.31. The molecule has 1 unspecified atom stereocenters. The average Bonchev–Trinajstić information content (AvgIpc) is 3.31. The standard InChI is InChI=1S/C28H26Cl2N4O6/c1-28(2)24(34-26(36)33(27(37)40-34)21-10-6-8-19(30)14-21)32(20-9-5-7-18(29)13-20)25(35)31(28)16-17-11-22(38-3)15-23(12-17)39-4/h5-15,24H,16H2,1-4H3. The highest BCUT2D eigenvalue weighted by Gasteiger charge is 2.55. The molecule has 0 radical (unpaired) electrons. The number of carbonyl (C=O) groups is 1. The van der Waals surface area contributed by atoms with Crippen LogP contribution in [0.1, 0.15) is 25.6 Å². The summed E-state index contributed by atoms with van der Waals surface area (Å²) >= 11 is 12.4. The van der Waals surface area contributed by atoms with E-state index in [2.05, 4.69) is 0 Å². The zero-order chi connectivity index (χ0) is 28.8. The van der Waals surface area contributed by atoms with Gasteiger partial charge in [-0.1, -0.05) is 35.3 Å². The van der Waals surface area contributed by atoms with Gasteiger partial charge in [0.05, 0.1) is 25.4 Å². The van der Waals surface area contributed by atoms with Crippen molar-refractivity contribution in [3.63, 3.8) is 0 Å². The fourth-order valence-corrected chi connectivity index (χ4v) is 5.31. The molecule has 5 rings (SSSR count). The summed E-state index contributed by atoms with van der Waals surface area (Å²) in [4.78, 5) is 43.9. The highest BCUT2D eigenvalue weighted by atomic mass is 35.5. The number of halogens is 2. The van der Waals surface area contributed by atoms with Crippen LogP contribution in [-0.4, -0.2) is 40.0 Å². The van der Waals surface area contributed by atoms with Gasteiger partial charge in [0.1, 0.15) is 11.5 Å². The zero-order valence-corrected chi connectivity index (χ0v) is 23.6. The maximum Gasteiger partial charge on any atom is 0.447 e. The fraction of sp³-hybridized carbons (Fsp3) is 0.250. The van der Waals surface area contributed by atoms with Crippen LogP contribution in [0.4, 0.5) is 10.5 Å². The van der Waals surface area contributed by atoms with E-state index in [1.165, 1.54) is 11.0 Å². The van der Waals surface area contributed by atoms with Crippen molar-refractivity contribution in [3.05, 3.63) is 103 Å². The van der Waals surface area contributed by atoms with Crippen molar-refractivity contribution < 1.29 is 18.8 Å². The molecule has 0 bridgehead atoms. The molecule has 1 aromatic heterocycles. The van der Waals surface area contributed by atoms with Gasteiger partial charge >= 0.3 is 17.5 Å². The molecule has 1 aliphatic heterocycles. The number of carbonyl (C=O) groups excluding carboxylic acids is 1. The molecule has 1 aliphatic rings. The second-order valence-corrected chi connectivity index (χ2v) is 10.6. The number of hydrogen-bond donors (Lipinski definition) is 0. The molecular weight excluding hydrogens is 559 g/mol. The molecule has 2 amide bonds. The smallest absolute Gasteiger partial charge is 0.447 e. The van der Waals surface area contributed by atoms with Gasteiger partial charge in [-0.05, 0) is 67.9 Å². The van der Waals surface area contributed by atoms with Crippen molar-refractivity contribution in [2.45, 2.75) is 32.1 Å². The lowest BCUT2D eigenvalue weighted by molar-refractivity contribution is 0.0930. The van der Waals surface area contributed by atoms with Crippen LogP contribution >= 0.6 is 23.2 Å². The minimum absolute atomic E-state index is 0.140. The van der Waals surface area contributed by atoms with Crippen LogP contribution in [0.25, 0.3) is 5.69 Å². The van der Waals surface area contributed by atoms with Gasteiger partial charge in [0.25, 0.3) is 0 Å². The topological polar surface area (TPSA) is 99.1 Å². The molecule has 2 heterocycles. The van der Waals surface area contributed by atoms with E-state index < -0.39 is 29.2 Å². The van der Waals surface area contributed by atoms with E-state index in [4.69, 9.17) is 37.2 Å². The van der Waals surface area contributed by atoms with Gasteiger partial charge in [-0.25, -0.2) is 14.4 Å². The van der Waals surface area contributed by atoms with Crippen molar-refractivity contribution in [3.8, 4) is 17.2 Å². The van der Waals surface area contributed by atoms with Crippen molar-refractivity contribution in [1.82, 2.24) is 14.2 Å². The van der Waals surface area contributed by atoms with Gasteiger partial charge in [-0.3, -0.25) is 4.90 Å². The molecule has 1 saturated heterocycles. The van der Waals surface area contributed by atoms with Gasteiger partial charge in [0, 0.05) is 28.3 Å². The molecule has 0 aliphatic carbocycles. The van der Waals surface area contributed by atoms with Gasteiger partial charge < -0.3 is 18.9 Å². The highest BCUT2D eigenvalue weighted by Crippen LogP contribution is 2.43. The average molecular weight is 585 g/mol. The normalized spacial score (nSPS) is 16.4. The van der Waals surface area contributed by atoms with Crippen molar-refractivity contribution in [2.75, 3.05) is 19.1 Å². The Morgan fingerprint density at radius 1 is 0.850 bits per heavy atom. The number of anilines is 1. The van der Waals surface area contributed by atoms with E-state index in [0.717, 1.165) is 14.9 Å². The number of benzene rings is 3. The van der Waals surface area contributed by atoms with Crippen LogP contribution < -0.4 is 25.8 Å². The van der Waals surface area contributed by atoms with Crippen LogP contribution in [0.5, 0.6) is 11.5 Å². The Morgan fingerprint density at radius 2 is 1.43 bits per heavy atom. The third kappa shape index (κ3) is 4.73. The summed E-state index contributed by atoms with van der Waals surface area (Å²) in [6.45, 7) is 3.72. The molecule has 208 valence electrons. The summed E-state index contributed by atoms with van der Waals surface area (Å²) in [7, 11) is 3.08. The fourth-order valence-electron chi connectivity index (χ4n) is 4.94. The third-order valence-corrected chi connectivity index (χ3v) is 7.34. The van der Waals surface area contributed by atoms with E-state index >= 15 is 0 Å². The molecule has 0 spiro atoms. The first-order valence-corrected chi connectivity index (χ1v) is 13.0. The molecule has 1 fully saturated rings. The van der Waals surface area contributed by atoms with E-state index in [0.29, 0.717) is 27.2 Å². The lowest BCUT2D eigenvalue weighted by Gasteiger charge is -2.34. The zero-order valence-electron chi connectivity index (χ0n) is 22.1. The molecule has 4 aromatic rings. The first kappa shape index (κ1) is 27.4. The lowest BCUT2D eigenvalue weighted by Crippen LogP contribution is -2.46. The summed E-state index contributed by atoms with van der Waals surface area (Å²) in [5.74, 6) is 0.197. The quantitative estimate of drug-likeness (QED) is 0.291. The Morgan fingerprint density at radius 3 is 2.00 bits per heavy atom. The van der Waals surface area contributed by atoms with Gasteiger partial charge in [-0.15, -0.1) is 4.74 Å². The Hall–Kier alpha value is -4.15. The lowest BCUT2D eigenvalue weighted by atomic mass is 9.99. The molecule has 10 nitrogen and oxygen atoms in total. The van der Waals surface area contributed by atoms with Crippen LogP contribution in [0.3, 0.4) is 0 Å². The van der Waals surface area contributed by atoms with Crippen molar-refractivity contribution >= 4 is 34.9 Å². The monoisotopic (exact) mass is 584 g/mol. The maximum absolute atomic E-state index is 14.1. The van der Waals surface area contributed by atoms with E-state index in [9.17, 15) is 14.4 Å². The number of amides is 2. The van der Waals surface area contributed by atoms with Crippen LogP contribution in [0, 0.1) is 0 Å². The summed E-state index contributed by atoms with van der Waals surface area (Å²) in [5, 5.41) is 0.733. The molecule has 1 atom stereocenters. The Balaban J connectivity index is 1.67. The molecule has 3 aromatic carbocycles. The Kier molecular flexibility index (Phi) is 7.16. The second-order valence-electron chi connectivity index (χ2n) is 9.75. The molecule has 40 heavy (non-hydrogen) atoms. The number of aromatic nitrogens is 2. The largest absolute Gasteiger partial charge is 0.497 e. The number of methoxy groups -OCH3 is 2. The van der Waals surface area contributed by atoms with Crippen LogP contribution in [0.2, 0.25) is 10.0 Å². The summed E-state index contributed by atoms with van der Waals surface area (Å²) in [6.07, 6.45) is -1.06. The van der Waals surface area contributed by atoms with Crippen LogP contribution in [0.15, 0.2) is 80.8 Å². The Bertz CT molecular complexity index is 1690. The number of rotatable bonds is 7. The summed E-state index contributed by atoms with van der Waals surface area (Å²) < 4.78 is 18.1. The first-order chi connectivity index (χ1) is 19.0. The third-order valence-electron chi connectivity index (χ3n) is 6.87. The summed E-state index contributed by atoms with van der Waals surface area (Å²) in [5.41, 5.74) is -0.450. The van der Waals surface area contributed by atoms with Gasteiger partial charge in [0.2, 0.25) is 0 Å². The molecule has 0 N–H and O–H groups in total. The van der Waals surface area contributed by atoms with Crippen LogP contribution in [-0.2, 0) is 6.54 Å². The molecule has 12 heteroatoms. The molecular formula is C28H26Cl2N4O6. The van der Waals surface area contributed by atoms with Crippen molar-refractivity contribution in [1.29, 1.82) is 0 Å². The van der Waals surface area contributed by atoms with E-state index in [-0.39, 0.29) is 12.2 Å². The van der Waals surface area contributed by atoms with Crippen molar-refractivity contribution in [2.24, 2.45) is 0 Å². The molecule has 0 saturated carbocycles. The second kappa shape index (κ2) is 10.4. The SMILES string of the molecule is COc1cc(CN2C(=O)N(c3cccc(Cl)c3)C(n3oc(=O)n(-c4cccc(Cl)c4)c3=O)C2(C)C)cc(OC)c1. The van der Waals surface area contributed by atoms with Gasteiger partial charge in [-0.2, -0.15) is 4.57 Å². The van der Waals surface area contributed by atoms with E-state index in [1.54, 1.807) is 93.6 Å². The first-order valence-electron chi connectivity index (χ1n) is 12.2. The minimum Gasteiger partial charge on any atom is -0.497 e.